The average molecular weight is 289 g/mol. The van der Waals surface area contributed by atoms with E-state index >= 15 is 0 Å². The van der Waals surface area contributed by atoms with Crippen molar-refractivity contribution in [2.75, 3.05) is 6.61 Å². The van der Waals surface area contributed by atoms with Crippen molar-refractivity contribution in [3.8, 4) is 0 Å². The fraction of sp³-hybridized carbons (Fsp3) is 0.545. The molecule has 0 bridgehead atoms. The second-order valence-electron chi connectivity index (χ2n) is 3.75. The number of ether oxygens (including phenoxy) is 1. The van der Waals surface area contributed by atoms with Crippen LogP contribution in [0.25, 0.3) is 0 Å². The van der Waals surface area contributed by atoms with Gasteiger partial charge in [-0.1, -0.05) is 0 Å². The molecule has 1 saturated heterocycles. The average Bonchev–Trinajstić information content (AvgIpc) is 2.58. The van der Waals surface area contributed by atoms with Crippen LogP contribution in [0, 0.1) is 6.92 Å². The van der Waals surface area contributed by atoms with Gasteiger partial charge in [-0.25, -0.2) is 0 Å². The number of Topliss-reactive ketones (excluding diaryl/α,β-unsaturated/α-hetero) is 1. The molecule has 1 fully saturated rings. The van der Waals surface area contributed by atoms with Crippen LogP contribution in [0.3, 0.4) is 0 Å². The fourth-order valence-electron chi connectivity index (χ4n) is 1.74. The van der Waals surface area contributed by atoms with Crippen LogP contribution in [0.15, 0.2) is 10.5 Å². The maximum absolute atomic E-state index is 12.1. The van der Waals surface area contributed by atoms with Gasteiger partial charge in [0.1, 0.15) is 6.10 Å². The number of rotatable bonds is 2. The molecule has 0 aromatic carbocycles. The van der Waals surface area contributed by atoms with Gasteiger partial charge in [-0.15, -0.1) is 11.3 Å². The molecule has 1 unspecified atom stereocenters. The van der Waals surface area contributed by atoms with Crippen LogP contribution < -0.4 is 0 Å². The van der Waals surface area contributed by atoms with E-state index in [4.69, 9.17) is 4.74 Å². The summed E-state index contributed by atoms with van der Waals surface area (Å²) in [6.45, 7) is 2.73. The van der Waals surface area contributed by atoms with Gasteiger partial charge in [0.2, 0.25) is 5.78 Å². The smallest absolute Gasteiger partial charge is 0.202 e. The molecule has 0 amide bonds. The second-order valence-corrected chi connectivity index (χ2v) is 5.86. The predicted molar refractivity (Wildman–Crippen MR) is 64.7 cm³/mol. The normalized spacial score (nSPS) is 21.6. The molecule has 0 saturated carbocycles. The third-order valence-electron chi connectivity index (χ3n) is 2.51. The van der Waals surface area contributed by atoms with E-state index in [1.807, 2.05) is 13.0 Å². The molecule has 2 heterocycles. The first kappa shape index (κ1) is 11.3. The van der Waals surface area contributed by atoms with E-state index in [1.54, 1.807) is 0 Å². The first-order chi connectivity index (χ1) is 7.18. The summed E-state index contributed by atoms with van der Waals surface area (Å²) in [6, 6.07) is 1.99. The molecule has 1 aliphatic rings. The molecular formula is C11H13BrO2S. The van der Waals surface area contributed by atoms with E-state index in [0.29, 0.717) is 0 Å². The molecular weight excluding hydrogens is 276 g/mol. The van der Waals surface area contributed by atoms with Crippen molar-refractivity contribution in [1.82, 2.24) is 0 Å². The third-order valence-corrected chi connectivity index (χ3v) is 4.46. The Bertz CT molecular complexity index is 367. The lowest BCUT2D eigenvalue weighted by atomic mass is 10.0. The Balaban J connectivity index is 2.16. The zero-order chi connectivity index (χ0) is 10.8. The van der Waals surface area contributed by atoms with Gasteiger partial charge in [0, 0.05) is 16.0 Å². The molecule has 0 aliphatic carbocycles. The lowest BCUT2D eigenvalue weighted by molar-refractivity contribution is 0.0189. The highest BCUT2D eigenvalue weighted by atomic mass is 79.9. The molecule has 1 aliphatic heterocycles. The summed E-state index contributed by atoms with van der Waals surface area (Å²) in [5.74, 6) is 0.139. The number of hydrogen-bond donors (Lipinski definition) is 0. The Hall–Kier alpha value is -0.190. The Morgan fingerprint density at radius 1 is 1.60 bits per heavy atom. The van der Waals surface area contributed by atoms with Crippen LogP contribution in [-0.4, -0.2) is 18.5 Å². The largest absolute Gasteiger partial charge is 0.370 e. The van der Waals surface area contributed by atoms with Gasteiger partial charge >= 0.3 is 0 Å². The van der Waals surface area contributed by atoms with E-state index in [1.165, 1.54) is 11.3 Å². The van der Waals surface area contributed by atoms with Crippen molar-refractivity contribution in [3.63, 3.8) is 0 Å². The Morgan fingerprint density at radius 3 is 2.93 bits per heavy atom. The molecule has 0 radical (unpaired) electrons. The van der Waals surface area contributed by atoms with Crippen LogP contribution in [0.1, 0.15) is 33.8 Å². The lowest BCUT2D eigenvalue weighted by Gasteiger charge is -2.20. The molecule has 15 heavy (non-hydrogen) atoms. The highest BCUT2D eigenvalue weighted by molar-refractivity contribution is 9.10. The minimum atomic E-state index is -0.215. The van der Waals surface area contributed by atoms with E-state index in [-0.39, 0.29) is 11.9 Å². The molecule has 1 aromatic heterocycles. The topological polar surface area (TPSA) is 26.3 Å². The number of halogens is 1. The maximum atomic E-state index is 12.1. The van der Waals surface area contributed by atoms with E-state index in [9.17, 15) is 4.79 Å². The number of hydrogen-bond acceptors (Lipinski definition) is 3. The summed E-state index contributed by atoms with van der Waals surface area (Å²) in [5.41, 5.74) is 0. The Morgan fingerprint density at radius 2 is 2.40 bits per heavy atom. The molecule has 82 valence electrons. The van der Waals surface area contributed by atoms with Crippen LogP contribution in [0.2, 0.25) is 0 Å². The summed E-state index contributed by atoms with van der Waals surface area (Å²) in [6.07, 6.45) is 2.82. The van der Waals surface area contributed by atoms with E-state index in [2.05, 4.69) is 15.9 Å². The SMILES string of the molecule is Cc1cc(Br)c(C(=O)C2CCCCO2)s1. The Kier molecular flexibility index (Phi) is 3.59. The van der Waals surface area contributed by atoms with E-state index in [0.717, 1.165) is 40.1 Å². The van der Waals surface area contributed by atoms with Crippen molar-refractivity contribution in [1.29, 1.82) is 0 Å². The van der Waals surface area contributed by atoms with Gasteiger partial charge in [0.15, 0.2) is 0 Å². The number of aryl methyl sites for hydroxylation is 1. The number of ketones is 1. The summed E-state index contributed by atoms with van der Waals surface area (Å²) in [7, 11) is 0. The van der Waals surface area contributed by atoms with Crippen LogP contribution in [0.4, 0.5) is 0 Å². The fourth-order valence-corrected chi connectivity index (χ4v) is 3.57. The number of carbonyl (C=O) groups is 1. The quantitative estimate of drug-likeness (QED) is 0.778. The molecule has 1 atom stereocenters. The highest BCUT2D eigenvalue weighted by Gasteiger charge is 2.26. The highest BCUT2D eigenvalue weighted by Crippen LogP contribution is 2.30. The van der Waals surface area contributed by atoms with Crippen molar-refractivity contribution >= 4 is 33.0 Å². The molecule has 4 heteroatoms. The van der Waals surface area contributed by atoms with Crippen LogP contribution >= 0.6 is 27.3 Å². The van der Waals surface area contributed by atoms with Crippen LogP contribution in [-0.2, 0) is 4.74 Å². The van der Waals surface area contributed by atoms with Gasteiger partial charge in [-0.05, 0) is 48.2 Å². The van der Waals surface area contributed by atoms with Gasteiger partial charge in [0.25, 0.3) is 0 Å². The zero-order valence-corrected chi connectivity index (χ0v) is 11.0. The third kappa shape index (κ3) is 2.49. The van der Waals surface area contributed by atoms with Gasteiger partial charge in [0.05, 0.1) is 4.88 Å². The van der Waals surface area contributed by atoms with Gasteiger partial charge < -0.3 is 4.74 Å². The minimum absolute atomic E-state index is 0.139. The second kappa shape index (κ2) is 4.76. The molecule has 2 rings (SSSR count). The molecule has 0 spiro atoms. The molecule has 0 N–H and O–H groups in total. The van der Waals surface area contributed by atoms with Gasteiger partial charge in [-0.2, -0.15) is 0 Å². The summed E-state index contributed by atoms with van der Waals surface area (Å²) in [4.78, 5) is 14.0. The van der Waals surface area contributed by atoms with E-state index < -0.39 is 0 Å². The predicted octanol–water partition coefficient (Wildman–Crippen LogP) is 3.57. The van der Waals surface area contributed by atoms with Crippen molar-refractivity contribution in [2.24, 2.45) is 0 Å². The first-order valence-corrected chi connectivity index (χ1v) is 6.71. The first-order valence-electron chi connectivity index (χ1n) is 5.10. The van der Waals surface area contributed by atoms with Crippen molar-refractivity contribution in [3.05, 3.63) is 20.3 Å². The zero-order valence-electron chi connectivity index (χ0n) is 8.59. The molecule has 2 nitrogen and oxygen atoms in total. The summed E-state index contributed by atoms with van der Waals surface area (Å²) < 4.78 is 6.40. The monoisotopic (exact) mass is 288 g/mol. The number of thiophene rings is 1. The molecule has 1 aromatic rings. The van der Waals surface area contributed by atoms with Crippen molar-refractivity contribution < 1.29 is 9.53 Å². The van der Waals surface area contributed by atoms with Gasteiger partial charge in [-0.3, -0.25) is 4.79 Å². The lowest BCUT2D eigenvalue weighted by Crippen LogP contribution is -2.27. The number of carbonyl (C=O) groups excluding carboxylic acids is 1. The van der Waals surface area contributed by atoms with Crippen LogP contribution in [0.5, 0.6) is 0 Å². The Labute approximate surface area is 102 Å². The van der Waals surface area contributed by atoms with Crippen molar-refractivity contribution in [2.45, 2.75) is 32.3 Å². The standard InChI is InChI=1S/C11H13BrO2S/c1-7-6-8(12)11(15-7)10(13)9-4-2-3-5-14-9/h6,9H,2-5H2,1H3. The minimum Gasteiger partial charge on any atom is -0.370 e. The summed E-state index contributed by atoms with van der Waals surface area (Å²) in [5, 5.41) is 0. The maximum Gasteiger partial charge on any atom is 0.202 e. The summed E-state index contributed by atoms with van der Waals surface area (Å²) >= 11 is 4.96.